The molecule has 120 valence electrons. The normalized spacial score (nSPS) is 11.9. The number of fused-ring (bicyclic) bond motifs is 1. The number of unbranched alkanes of at least 4 members (excludes halogenated alkanes) is 1. The molecule has 0 atom stereocenters. The topological polar surface area (TPSA) is 90.9 Å². The first kappa shape index (κ1) is 15.6. The smallest absolute Gasteiger partial charge is 0.238 e. The Labute approximate surface area is 135 Å². The summed E-state index contributed by atoms with van der Waals surface area (Å²) < 4.78 is 25.2. The molecule has 6 nitrogen and oxygen atoms in total. The number of pyridine rings is 1. The summed E-state index contributed by atoms with van der Waals surface area (Å²) >= 11 is 0. The van der Waals surface area contributed by atoms with Crippen LogP contribution in [0.4, 0.5) is 0 Å². The lowest BCUT2D eigenvalue weighted by atomic mass is 10.3. The van der Waals surface area contributed by atoms with Crippen molar-refractivity contribution in [1.29, 1.82) is 0 Å². The maximum atomic E-state index is 11.5. The Hall–Kier alpha value is -2.25. The van der Waals surface area contributed by atoms with Crippen molar-refractivity contribution in [3.63, 3.8) is 0 Å². The lowest BCUT2D eigenvalue weighted by Crippen LogP contribution is -2.11. The number of benzene rings is 1. The highest BCUT2D eigenvalue weighted by Gasteiger charge is 2.16. The Morgan fingerprint density at radius 3 is 2.70 bits per heavy atom. The number of nitrogens with two attached hydrogens (primary N) is 1. The summed E-state index contributed by atoms with van der Waals surface area (Å²) in [6.07, 6.45) is 3.77. The van der Waals surface area contributed by atoms with E-state index in [4.69, 9.17) is 5.14 Å². The van der Waals surface area contributed by atoms with E-state index in [2.05, 4.69) is 21.5 Å². The van der Waals surface area contributed by atoms with Gasteiger partial charge in [0.15, 0.2) is 5.82 Å². The van der Waals surface area contributed by atoms with Gasteiger partial charge in [-0.25, -0.2) is 18.5 Å². The predicted molar refractivity (Wildman–Crippen MR) is 89.2 cm³/mol. The molecule has 0 bridgehead atoms. The third-order valence-corrected chi connectivity index (χ3v) is 4.59. The molecule has 2 N–H and O–H groups in total. The predicted octanol–water partition coefficient (Wildman–Crippen LogP) is 2.55. The molecule has 0 amide bonds. The summed E-state index contributed by atoms with van der Waals surface area (Å²) in [6, 6.07) is 10.4. The van der Waals surface area contributed by atoms with E-state index in [0.29, 0.717) is 5.52 Å². The van der Waals surface area contributed by atoms with Crippen molar-refractivity contribution >= 4 is 21.1 Å². The third-order valence-electron chi connectivity index (χ3n) is 3.68. The molecular formula is C16H18N4O2S. The van der Waals surface area contributed by atoms with Crippen molar-refractivity contribution in [3.05, 3.63) is 42.6 Å². The SMILES string of the molecule is CCCCn1c(-c2ccccn2)nc2cc(S(N)(=O)=O)ccc21. The number of sulfonamides is 1. The molecule has 0 fully saturated rings. The van der Waals surface area contributed by atoms with Crippen molar-refractivity contribution in [2.24, 2.45) is 5.14 Å². The zero-order chi connectivity index (χ0) is 16.4. The van der Waals surface area contributed by atoms with Gasteiger partial charge in [0.05, 0.1) is 15.9 Å². The second kappa shape index (κ2) is 6.10. The van der Waals surface area contributed by atoms with Crippen LogP contribution in [-0.4, -0.2) is 23.0 Å². The first-order valence-corrected chi connectivity index (χ1v) is 9.00. The Kier molecular flexibility index (Phi) is 4.14. The summed E-state index contributed by atoms with van der Waals surface area (Å²) in [5.41, 5.74) is 2.25. The molecular weight excluding hydrogens is 312 g/mol. The van der Waals surface area contributed by atoms with Crippen LogP contribution in [0.3, 0.4) is 0 Å². The molecule has 0 unspecified atom stereocenters. The number of hydrogen-bond acceptors (Lipinski definition) is 4. The Bertz CT molecular complexity index is 933. The fraction of sp³-hybridized carbons (Fsp3) is 0.250. The van der Waals surface area contributed by atoms with Crippen LogP contribution < -0.4 is 5.14 Å². The summed E-state index contributed by atoms with van der Waals surface area (Å²) in [6.45, 7) is 2.92. The molecule has 2 aromatic heterocycles. The number of imidazole rings is 1. The van der Waals surface area contributed by atoms with Crippen LogP contribution in [0.15, 0.2) is 47.5 Å². The number of aromatic nitrogens is 3. The highest BCUT2D eigenvalue weighted by Crippen LogP contribution is 2.25. The van der Waals surface area contributed by atoms with Gasteiger partial charge in [-0.3, -0.25) is 4.98 Å². The molecule has 0 aliphatic rings. The largest absolute Gasteiger partial charge is 0.323 e. The highest BCUT2D eigenvalue weighted by atomic mass is 32.2. The van der Waals surface area contributed by atoms with E-state index in [1.807, 2.05) is 18.2 Å². The minimum Gasteiger partial charge on any atom is -0.323 e. The maximum Gasteiger partial charge on any atom is 0.238 e. The van der Waals surface area contributed by atoms with Crippen LogP contribution >= 0.6 is 0 Å². The molecule has 0 saturated heterocycles. The first-order valence-electron chi connectivity index (χ1n) is 7.45. The van der Waals surface area contributed by atoms with Gasteiger partial charge < -0.3 is 4.57 Å². The van der Waals surface area contributed by atoms with Crippen LogP contribution in [-0.2, 0) is 16.6 Å². The fourth-order valence-corrected chi connectivity index (χ4v) is 3.05. The van der Waals surface area contributed by atoms with Crippen LogP contribution in [0.1, 0.15) is 19.8 Å². The van der Waals surface area contributed by atoms with Crippen molar-refractivity contribution in [1.82, 2.24) is 14.5 Å². The number of nitrogens with zero attached hydrogens (tertiary/aromatic N) is 3. The second-order valence-electron chi connectivity index (χ2n) is 5.35. The number of hydrogen-bond donors (Lipinski definition) is 1. The molecule has 3 aromatic rings. The first-order chi connectivity index (χ1) is 11.0. The molecule has 7 heteroatoms. The monoisotopic (exact) mass is 330 g/mol. The van der Waals surface area contributed by atoms with Gasteiger partial charge in [-0.15, -0.1) is 0 Å². The zero-order valence-corrected chi connectivity index (χ0v) is 13.6. The van der Waals surface area contributed by atoms with Gasteiger partial charge in [-0.05, 0) is 36.8 Å². The molecule has 1 aromatic carbocycles. The van der Waals surface area contributed by atoms with Gasteiger partial charge in [0.1, 0.15) is 5.69 Å². The number of primary sulfonamides is 1. The number of aryl methyl sites for hydroxylation is 1. The van der Waals surface area contributed by atoms with E-state index in [1.165, 1.54) is 12.1 Å². The lowest BCUT2D eigenvalue weighted by molar-refractivity contribution is 0.598. The molecule has 0 aliphatic carbocycles. The second-order valence-corrected chi connectivity index (χ2v) is 6.91. The fourth-order valence-electron chi connectivity index (χ4n) is 2.52. The van der Waals surface area contributed by atoms with Gasteiger partial charge in [0.25, 0.3) is 0 Å². The van der Waals surface area contributed by atoms with E-state index in [1.54, 1.807) is 12.3 Å². The van der Waals surface area contributed by atoms with Gasteiger partial charge in [0, 0.05) is 12.7 Å². The van der Waals surface area contributed by atoms with Crippen molar-refractivity contribution < 1.29 is 8.42 Å². The van der Waals surface area contributed by atoms with Crippen molar-refractivity contribution in [3.8, 4) is 11.5 Å². The molecule has 0 aliphatic heterocycles. The minimum absolute atomic E-state index is 0.0673. The standard InChI is InChI=1S/C16H18N4O2S/c1-2-3-10-20-15-8-7-12(23(17,21)22)11-14(15)19-16(20)13-6-4-5-9-18-13/h4-9,11H,2-3,10H2,1H3,(H2,17,21,22). The Morgan fingerprint density at radius 1 is 1.22 bits per heavy atom. The van der Waals surface area contributed by atoms with Crippen molar-refractivity contribution in [2.75, 3.05) is 0 Å². The average Bonchev–Trinajstić information content (AvgIpc) is 2.90. The van der Waals surface area contributed by atoms with E-state index >= 15 is 0 Å². The molecule has 3 rings (SSSR count). The van der Waals surface area contributed by atoms with Crippen molar-refractivity contribution in [2.45, 2.75) is 31.2 Å². The van der Waals surface area contributed by atoms with Gasteiger partial charge in [-0.2, -0.15) is 0 Å². The average molecular weight is 330 g/mol. The quantitative estimate of drug-likeness (QED) is 0.778. The summed E-state index contributed by atoms with van der Waals surface area (Å²) in [4.78, 5) is 9.02. The van der Waals surface area contributed by atoms with Crippen LogP contribution in [0.5, 0.6) is 0 Å². The van der Waals surface area contributed by atoms with E-state index < -0.39 is 10.0 Å². The maximum absolute atomic E-state index is 11.5. The molecule has 23 heavy (non-hydrogen) atoms. The van der Waals surface area contributed by atoms with E-state index in [9.17, 15) is 8.42 Å². The summed E-state index contributed by atoms with van der Waals surface area (Å²) in [7, 11) is -3.74. The van der Waals surface area contributed by atoms with Gasteiger partial charge in [-0.1, -0.05) is 19.4 Å². The zero-order valence-electron chi connectivity index (χ0n) is 12.8. The molecule has 2 heterocycles. The van der Waals surface area contributed by atoms with E-state index in [0.717, 1.165) is 36.4 Å². The lowest BCUT2D eigenvalue weighted by Gasteiger charge is -2.08. The van der Waals surface area contributed by atoms with Crippen LogP contribution in [0.2, 0.25) is 0 Å². The third kappa shape index (κ3) is 3.11. The van der Waals surface area contributed by atoms with E-state index in [-0.39, 0.29) is 4.90 Å². The number of rotatable bonds is 5. The van der Waals surface area contributed by atoms with Crippen LogP contribution in [0.25, 0.3) is 22.6 Å². The summed E-state index contributed by atoms with van der Waals surface area (Å²) in [5, 5.41) is 5.21. The summed E-state index contributed by atoms with van der Waals surface area (Å²) in [5.74, 6) is 0.737. The Balaban J connectivity index is 2.22. The molecule has 0 saturated carbocycles. The van der Waals surface area contributed by atoms with Gasteiger partial charge >= 0.3 is 0 Å². The van der Waals surface area contributed by atoms with Crippen LogP contribution in [0, 0.1) is 0 Å². The Morgan fingerprint density at radius 2 is 2.04 bits per heavy atom. The molecule has 0 radical (unpaired) electrons. The minimum atomic E-state index is -3.74. The van der Waals surface area contributed by atoms with Gasteiger partial charge in [0.2, 0.25) is 10.0 Å². The highest BCUT2D eigenvalue weighted by molar-refractivity contribution is 7.89. The molecule has 0 spiro atoms.